The second kappa shape index (κ2) is 7.87. The van der Waals surface area contributed by atoms with Gasteiger partial charge in [0.2, 0.25) is 11.8 Å². The topological polar surface area (TPSA) is 84.2 Å². The molecule has 6 heteroatoms. The second-order valence-electron chi connectivity index (χ2n) is 4.78. The number of hydrogen-bond acceptors (Lipinski definition) is 3. The number of carbonyl (C=O) groups excluding carboxylic acids is 2. The van der Waals surface area contributed by atoms with E-state index >= 15 is 0 Å². The fraction of sp³-hybridized carbons (Fsp3) is 0.429. The number of hydrogen-bond donors (Lipinski definition) is 3. The number of carbonyl (C=O) groups is 2. The highest BCUT2D eigenvalue weighted by molar-refractivity contribution is 6.34. The summed E-state index contributed by atoms with van der Waals surface area (Å²) in [6.07, 6.45) is 1.02. The average molecular weight is 298 g/mol. The molecule has 0 unspecified atom stereocenters. The maximum atomic E-state index is 11.6. The van der Waals surface area contributed by atoms with Gasteiger partial charge >= 0.3 is 0 Å². The van der Waals surface area contributed by atoms with E-state index in [1.54, 1.807) is 32.0 Å². The second-order valence-corrected chi connectivity index (χ2v) is 5.19. The third-order valence-electron chi connectivity index (χ3n) is 2.64. The predicted octanol–water partition coefficient (Wildman–Crippen LogP) is 2.61. The third kappa shape index (κ3) is 5.19. The minimum Gasteiger partial charge on any atom is -0.330 e. The fourth-order valence-electron chi connectivity index (χ4n) is 1.46. The number of halogens is 1. The zero-order chi connectivity index (χ0) is 15.1. The molecule has 0 spiro atoms. The molecule has 110 valence electrons. The van der Waals surface area contributed by atoms with Gasteiger partial charge in [0.05, 0.1) is 10.7 Å². The Morgan fingerprint density at radius 1 is 1.30 bits per heavy atom. The standard InChI is InChI=1S/C14H20ClN3O2/c1-9(2)14(20)18-12-6-5-10(8-11(12)15)17-13(19)4-3-7-16/h5-6,8-9H,3-4,7,16H2,1-2H3,(H,17,19)(H,18,20). The van der Waals surface area contributed by atoms with Crippen molar-refractivity contribution in [2.24, 2.45) is 11.7 Å². The van der Waals surface area contributed by atoms with Crippen LogP contribution in [0.2, 0.25) is 5.02 Å². The van der Waals surface area contributed by atoms with Gasteiger partial charge in [-0.1, -0.05) is 25.4 Å². The van der Waals surface area contributed by atoms with E-state index in [1.807, 2.05) is 0 Å². The first kappa shape index (κ1) is 16.5. The lowest BCUT2D eigenvalue weighted by molar-refractivity contribution is -0.119. The van der Waals surface area contributed by atoms with Crippen molar-refractivity contribution in [3.63, 3.8) is 0 Å². The van der Waals surface area contributed by atoms with E-state index in [2.05, 4.69) is 10.6 Å². The van der Waals surface area contributed by atoms with E-state index in [4.69, 9.17) is 17.3 Å². The van der Waals surface area contributed by atoms with E-state index in [-0.39, 0.29) is 17.7 Å². The summed E-state index contributed by atoms with van der Waals surface area (Å²) in [6, 6.07) is 4.97. The van der Waals surface area contributed by atoms with Gasteiger partial charge in [-0.25, -0.2) is 0 Å². The van der Waals surface area contributed by atoms with Gasteiger partial charge in [-0.3, -0.25) is 9.59 Å². The lowest BCUT2D eigenvalue weighted by Gasteiger charge is -2.11. The molecule has 0 aliphatic heterocycles. The zero-order valence-electron chi connectivity index (χ0n) is 11.7. The van der Waals surface area contributed by atoms with Crippen LogP contribution in [-0.4, -0.2) is 18.4 Å². The van der Waals surface area contributed by atoms with Crippen molar-refractivity contribution in [3.05, 3.63) is 23.2 Å². The van der Waals surface area contributed by atoms with Crippen LogP contribution in [0.5, 0.6) is 0 Å². The van der Waals surface area contributed by atoms with E-state index in [1.165, 1.54) is 0 Å². The van der Waals surface area contributed by atoms with Gasteiger partial charge in [0.15, 0.2) is 0 Å². The summed E-state index contributed by atoms with van der Waals surface area (Å²) in [7, 11) is 0. The number of nitrogens with two attached hydrogens (primary N) is 1. The Hall–Kier alpha value is -1.59. The van der Waals surface area contributed by atoms with Crippen LogP contribution in [0, 0.1) is 5.92 Å². The Morgan fingerprint density at radius 2 is 2.00 bits per heavy atom. The minimum atomic E-state index is -0.123. The first-order chi connectivity index (χ1) is 9.43. The van der Waals surface area contributed by atoms with E-state index in [0.29, 0.717) is 35.8 Å². The van der Waals surface area contributed by atoms with Gasteiger partial charge in [-0.15, -0.1) is 0 Å². The van der Waals surface area contributed by atoms with Crippen LogP contribution in [0.15, 0.2) is 18.2 Å². The van der Waals surface area contributed by atoms with Crippen LogP contribution in [0.25, 0.3) is 0 Å². The van der Waals surface area contributed by atoms with Crippen LogP contribution >= 0.6 is 11.6 Å². The molecule has 0 aliphatic carbocycles. The number of benzene rings is 1. The molecule has 1 aromatic carbocycles. The highest BCUT2D eigenvalue weighted by atomic mass is 35.5. The van der Waals surface area contributed by atoms with Crippen LogP contribution in [0.4, 0.5) is 11.4 Å². The molecule has 5 nitrogen and oxygen atoms in total. The van der Waals surface area contributed by atoms with Crippen LogP contribution in [0.1, 0.15) is 26.7 Å². The molecule has 0 bridgehead atoms. The van der Waals surface area contributed by atoms with Gasteiger partial charge in [0.1, 0.15) is 0 Å². The Morgan fingerprint density at radius 3 is 2.55 bits per heavy atom. The quantitative estimate of drug-likeness (QED) is 0.754. The molecule has 0 saturated heterocycles. The predicted molar refractivity (Wildman–Crippen MR) is 81.8 cm³/mol. The Kier molecular flexibility index (Phi) is 6.48. The van der Waals surface area contributed by atoms with Crippen LogP contribution < -0.4 is 16.4 Å². The molecule has 0 heterocycles. The van der Waals surface area contributed by atoms with Gasteiger partial charge in [-0.2, -0.15) is 0 Å². The van der Waals surface area contributed by atoms with E-state index in [0.717, 1.165) is 0 Å². The lowest BCUT2D eigenvalue weighted by Crippen LogP contribution is -2.18. The molecular formula is C14H20ClN3O2. The Bertz CT molecular complexity index is 489. The van der Waals surface area contributed by atoms with Crippen molar-refractivity contribution in [2.45, 2.75) is 26.7 Å². The van der Waals surface area contributed by atoms with Crippen molar-refractivity contribution in [3.8, 4) is 0 Å². The largest absolute Gasteiger partial charge is 0.330 e. The lowest BCUT2D eigenvalue weighted by atomic mass is 10.2. The summed E-state index contributed by atoms with van der Waals surface area (Å²) < 4.78 is 0. The maximum Gasteiger partial charge on any atom is 0.226 e. The molecule has 0 aromatic heterocycles. The molecule has 1 rings (SSSR count). The van der Waals surface area contributed by atoms with Gasteiger partial charge < -0.3 is 16.4 Å². The minimum absolute atomic E-state index is 0.105. The molecule has 0 saturated carbocycles. The zero-order valence-corrected chi connectivity index (χ0v) is 12.5. The summed E-state index contributed by atoms with van der Waals surface area (Å²) >= 11 is 6.08. The summed E-state index contributed by atoms with van der Waals surface area (Å²) in [5, 5.41) is 5.84. The number of anilines is 2. The summed E-state index contributed by atoms with van der Waals surface area (Å²) in [4.78, 5) is 23.1. The molecule has 2 amide bonds. The van der Waals surface area contributed by atoms with Crippen molar-refractivity contribution < 1.29 is 9.59 Å². The van der Waals surface area contributed by atoms with Crippen molar-refractivity contribution in [1.29, 1.82) is 0 Å². The average Bonchev–Trinajstić information content (AvgIpc) is 2.39. The normalized spacial score (nSPS) is 10.4. The maximum absolute atomic E-state index is 11.6. The highest BCUT2D eigenvalue weighted by Gasteiger charge is 2.10. The Labute approximate surface area is 123 Å². The summed E-state index contributed by atoms with van der Waals surface area (Å²) in [5.41, 5.74) is 6.47. The number of rotatable bonds is 6. The van der Waals surface area contributed by atoms with E-state index in [9.17, 15) is 9.59 Å². The van der Waals surface area contributed by atoms with Gasteiger partial charge in [0.25, 0.3) is 0 Å². The first-order valence-corrected chi connectivity index (χ1v) is 6.92. The summed E-state index contributed by atoms with van der Waals surface area (Å²) in [6.45, 7) is 4.08. The molecule has 0 atom stereocenters. The fourth-order valence-corrected chi connectivity index (χ4v) is 1.69. The van der Waals surface area contributed by atoms with E-state index < -0.39 is 0 Å². The van der Waals surface area contributed by atoms with Crippen molar-refractivity contribution in [1.82, 2.24) is 0 Å². The number of nitrogens with one attached hydrogen (secondary N) is 2. The molecule has 20 heavy (non-hydrogen) atoms. The Balaban J connectivity index is 2.68. The number of amides is 2. The molecular weight excluding hydrogens is 278 g/mol. The van der Waals surface area contributed by atoms with Crippen molar-refractivity contribution in [2.75, 3.05) is 17.2 Å². The van der Waals surface area contributed by atoms with Gasteiger partial charge in [-0.05, 0) is 31.2 Å². The molecule has 0 fully saturated rings. The van der Waals surface area contributed by atoms with Gasteiger partial charge in [0, 0.05) is 18.0 Å². The SMILES string of the molecule is CC(C)C(=O)Nc1ccc(NC(=O)CCCN)cc1Cl. The van der Waals surface area contributed by atoms with Crippen molar-refractivity contribution >= 4 is 34.8 Å². The highest BCUT2D eigenvalue weighted by Crippen LogP contribution is 2.26. The molecule has 1 aromatic rings. The summed E-state index contributed by atoms with van der Waals surface area (Å²) in [5.74, 6) is -0.334. The smallest absolute Gasteiger partial charge is 0.226 e. The third-order valence-corrected chi connectivity index (χ3v) is 2.96. The molecule has 0 aliphatic rings. The molecule has 4 N–H and O–H groups in total. The van der Waals surface area contributed by atoms with Crippen LogP contribution in [-0.2, 0) is 9.59 Å². The molecule has 0 radical (unpaired) electrons. The monoisotopic (exact) mass is 297 g/mol. The van der Waals surface area contributed by atoms with Crippen LogP contribution in [0.3, 0.4) is 0 Å². The first-order valence-electron chi connectivity index (χ1n) is 6.54.